The molecule has 1 N–H and O–H groups in total. The monoisotopic (exact) mass is 294 g/mol. The number of hydrogen-bond acceptors (Lipinski definition) is 5. The number of carbonyl (C=O) groups excluding carboxylic acids is 2. The van der Waals surface area contributed by atoms with E-state index < -0.39 is 17.4 Å². The van der Waals surface area contributed by atoms with Gasteiger partial charge < -0.3 is 14.6 Å². The molecule has 0 aromatic heterocycles. The van der Waals surface area contributed by atoms with E-state index in [1.807, 2.05) is 13.0 Å². The van der Waals surface area contributed by atoms with Crippen LogP contribution in [0.2, 0.25) is 0 Å². The Labute approximate surface area is 124 Å². The summed E-state index contributed by atoms with van der Waals surface area (Å²) in [6, 6.07) is 7.04. The molecule has 0 heterocycles. The normalized spacial score (nSPS) is 11.0. The van der Waals surface area contributed by atoms with Crippen molar-refractivity contribution in [2.24, 2.45) is 0 Å². The Morgan fingerprint density at radius 2 is 1.71 bits per heavy atom. The zero-order valence-corrected chi connectivity index (χ0v) is 12.7. The molecule has 21 heavy (non-hydrogen) atoms. The molecule has 1 rings (SSSR count). The lowest BCUT2D eigenvalue weighted by Gasteiger charge is -2.29. The van der Waals surface area contributed by atoms with E-state index in [9.17, 15) is 14.7 Å². The molecule has 0 aliphatic rings. The van der Waals surface area contributed by atoms with Gasteiger partial charge >= 0.3 is 11.9 Å². The molecule has 0 saturated heterocycles. The van der Waals surface area contributed by atoms with Crippen molar-refractivity contribution in [2.75, 3.05) is 19.8 Å². The van der Waals surface area contributed by atoms with Gasteiger partial charge in [-0.05, 0) is 26.3 Å². The molecule has 0 aliphatic carbocycles. The van der Waals surface area contributed by atoms with Crippen molar-refractivity contribution in [3.63, 3.8) is 0 Å². The Morgan fingerprint density at radius 3 is 2.14 bits per heavy atom. The van der Waals surface area contributed by atoms with Crippen LogP contribution in [-0.2, 0) is 24.5 Å². The van der Waals surface area contributed by atoms with E-state index in [1.165, 1.54) is 0 Å². The topological polar surface area (TPSA) is 72.8 Å². The average Bonchev–Trinajstić information content (AvgIpc) is 2.45. The molecule has 0 unspecified atom stereocenters. The Kier molecular flexibility index (Phi) is 6.37. The zero-order chi connectivity index (χ0) is 15.9. The van der Waals surface area contributed by atoms with Crippen LogP contribution in [0.4, 0.5) is 0 Å². The number of aliphatic hydroxyl groups excluding tert-OH is 1. The number of benzene rings is 1. The van der Waals surface area contributed by atoms with Crippen LogP contribution in [0.3, 0.4) is 0 Å². The smallest absolute Gasteiger partial charge is 0.328 e. The summed E-state index contributed by atoms with van der Waals surface area (Å²) in [5, 5.41) is 9.35. The Balaban J connectivity index is 3.42. The van der Waals surface area contributed by atoms with Crippen LogP contribution < -0.4 is 0 Å². The summed E-state index contributed by atoms with van der Waals surface area (Å²) in [6.07, 6.45) is -0.0753. The SMILES string of the molecule is CCOC(=O)C(CCO)(C(=O)OCC)c1cccc(C)c1. The number of rotatable bonds is 7. The molecule has 5 nitrogen and oxygen atoms in total. The summed E-state index contributed by atoms with van der Waals surface area (Å²) in [6.45, 7) is 5.18. The van der Waals surface area contributed by atoms with E-state index >= 15 is 0 Å². The minimum Gasteiger partial charge on any atom is -0.465 e. The minimum absolute atomic E-state index is 0.0753. The lowest BCUT2D eigenvalue weighted by Crippen LogP contribution is -2.47. The summed E-state index contributed by atoms with van der Waals surface area (Å²) in [7, 11) is 0. The summed E-state index contributed by atoms with van der Waals surface area (Å²) in [4.78, 5) is 24.9. The number of aryl methyl sites for hydroxylation is 1. The first-order valence-electron chi connectivity index (χ1n) is 7.05. The fourth-order valence-corrected chi connectivity index (χ4v) is 2.25. The molecule has 5 heteroatoms. The number of carbonyl (C=O) groups is 2. The lowest BCUT2D eigenvalue weighted by atomic mass is 9.77. The van der Waals surface area contributed by atoms with Crippen LogP contribution in [0.5, 0.6) is 0 Å². The van der Waals surface area contributed by atoms with Crippen molar-refractivity contribution in [3.05, 3.63) is 35.4 Å². The van der Waals surface area contributed by atoms with Crippen molar-refractivity contribution < 1.29 is 24.2 Å². The zero-order valence-electron chi connectivity index (χ0n) is 12.7. The van der Waals surface area contributed by atoms with Crippen LogP contribution in [-0.4, -0.2) is 36.9 Å². The molecule has 116 valence electrons. The molecule has 0 spiro atoms. The maximum Gasteiger partial charge on any atom is 0.328 e. The fourth-order valence-electron chi connectivity index (χ4n) is 2.25. The highest BCUT2D eigenvalue weighted by atomic mass is 16.6. The predicted octanol–water partition coefficient (Wildman–Crippen LogP) is 1.74. The number of aliphatic hydroxyl groups is 1. The molecule has 0 bridgehead atoms. The van der Waals surface area contributed by atoms with Crippen molar-refractivity contribution in [3.8, 4) is 0 Å². The van der Waals surface area contributed by atoms with Gasteiger partial charge in [0.2, 0.25) is 0 Å². The molecule has 0 radical (unpaired) electrons. The van der Waals surface area contributed by atoms with Crippen molar-refractivity contribution >= 4 is 11.9 Å². The van der Waals surface area contributed by atoms with Gasteiger partial charge in [0.15, 0.2) is 5.41 Å². The second-order valence-electron chi connectivity index (χ2n) is 4.69. The van der Waals surface area contributed by atoms with E-state index in [0.29, 0.717) is 5.56 Å². The predicted molar refractivity (Wildman–Crippen MR) is 77.8 cm³/mol. The van der Waals surface area contributed by atoms with Crippen LogP contribution in [0.25, 0.3) is 0 Å². The minimum atomic E-state index is -1.62. The molecule has 1 aromatic carbocycles. The first-order chi connectivity index (χ1) is 10.0. The van der Waals surface area contributed by atoms with Gasteiger partial charge in [0.1, 0.15) is 0 Å². The molecule has 1 aromatic rings. The lowest BCUT2D eigenvalue weighted by molar-refractivity contribution is -0.165. The van der Waals surface area contributed by atoms with Gasteiger partial charge in [-0.3, -0.25) is 9.59 Å². The number of esters is 2. The second kappa shape index (κ2) is 7.78. The highest BCUT2D eigenvalue weighted by Gasteiger charge is 2.50. The third kappa shape index (κ3) is 3.61. The van der Waals surface area contributed by atoms with Crippen LogP contribution in [0, 0.1) is 6.92 Å². The number of hydrogen-bond donors (Lipinski definition) is 1. The standard InChI is InChI=1S/C16H22O5/c1-4-20-14(18)16(9-10-17,15(19)21-5-2)13-8-6-7-12(3)11-13/h6-8,11,17H,4-5,9-10H2,1-3H3. The molecule has 0 atom stereocenters. The van der Waals surface area contributed by atoms with Crippen molar-refractivity contribution in [1.82, 2.24) is 0 Å². The molecule has 0 fully saturated rings. The quantitative estimate of drug-likeness (QED) is 0.612. The molecule has 0 amide bonds. The van der Waals surface area contributed by atoms with Gasteiger partial charge in [-0.2, -0.15) is 0 Å². The van der Waals surface area contributed by atoms with Gasteiger partial charge in [-0.15, -0.1) is 0 Å². The maximum absolute atomic E-state index is 12.4. The summed E-state index contributed by atoms with van der Waals surface area (Å²) >= 11 is 0. The molecule has 0 aliphatic heterocycles. The third-order valence-electron chi connectivity index (χ3n) is 3.25. The van der Waals surface area contributed by atoms with E-state index in [-0.39, 0.29) is 26.2 Å². The maximum atomic E-state index is 12.4. The Hall–Kier alpha value is -1.88. The molecule has 0 saturated carbocycles. The first-order valence-corrected chi connectivity index (χ1v) is 7.05. The van der Waals surface area contributed by atoms with Gasteiger partial charge in [0, 0.05) is 13.0 Å². The van der Waals surface area contributed by atoms with Crippen LogP contribution >= 0.6 is 0 Å². The van der Waals surface area contributed by atoms with E-state index in [0.717, 1.165) is 5.56 Å². The second-order valence-corrected chi connectivity index (χ2v) is 4.69. The highest BCUT2D eigenvalue weighted by molar-refractivity contribution is 6.06. The third-order valence-corrected chi connectivity index (χ3v) is 3.25. The summed E-state index contributed by atoms with van der Waals surface area (Å²) in [5.74, 6) is -1.38. The van der Waals surface area contributed by atoms with Gasteiger partial charge in [-0.1, -0.05) is 29.8 Å². The average molecular weight is 294 g/mol. The largest absolute Gasteiger partial charge is 0.465 e. The van der Waals surface area contributed by atoms with E-state index in [4.69, 9.17) is 9.47 Å². The van der Waals surface area contributed by atoms with Crippen molar-refractivity contribution in [2.45, 2.75) is 32.6 Å². The Morgan fingerprint density at radius 1 is 1.14 bits per heavy atom. The van der Waals surface area contributed by atoms with Crippen LogP contribution in [0.1, 0.15) is 31.4 Å². The van der Waals surface area contributed by atoms with Crippen molar-refractivity contribution in [1.29, 1.82) is 0 Å². The Bertz CT molecular complexity index is 477. The highest BCUT2D eigenvalue weighted by Crippen LogP contribution is 2.32. The first kappa shape index (κ1) is 17.2. The molecular formula is C16H22O5. The van der Waals surface area contributed by atoms with E-state index in [2.05, 4.69) is 0 Å². The van der Waals surface area contributed by atoms with Gasteiger partial charge in [0.05, 0.1) is 13.2 Å². The molecular weight excluding hydrogens is 272 g/mol. The van der Waals surface area contributed by atoms with Crippen LogP contribution in [0.15, 0.2) is 24.3 Å². The van der Waals surface area contributed by atoms with Gasteiger partial charge in [0.25, 0.3) is 0 Å². The summed E-state index contributed by atoms with van der Waals surface area (Å²) in [5.41, 5.74) is -0.232. The van der Waals surface area contributed by atoms with E-state index in [1.54, 1.807) is 32.0 Å². The fraction of sp³-hybridized carbons (Fsp3) is 0.500. The number of ether oxygens (including phenoxy) is 2. The van der Waals surface area contributed by atoms with Gasteiger partial charge in [-0.25, -0.2) is 0 Å². The summed E-state index contributed by atoms with van der Waals surface area (Å²) < 4.78 is 10.1.